The van der Waals surface area contributed by atoms with Crippen molar-refractivity contribution in [3.05, 3.63) is 16.1 Å². The Morgan fingerprint density at radius 3 is 2.54 bits per heavy atom. The van der Waals surface area contributed by atoms with Crippen LogP contribution in [-0.4, -0.2) is 60.0 Å². The van der Waals surface area contributed by atoms with E-state index >= 15 is 0 Å². The summed E-state index contributed by atoms with van der Waals surface area (Å²) in [6.45, 7) is 8.52. The van der Waals surface area contributed by atoms with Crippen LogP contribution in [0.2, 0.25) is 0 Å². The van der Waals surface area contributed by atoms with Gasteiger partial charge in [-0.2, -0.15) is 0 Å². The fraction of sp³-hybridized carbons (Fsp3) is 0.733. The molecule has 0 saturated carbocycles. The number of piperazine rings is 1. The standard InChI is InChI=1S/C15H24N4OS.3ClH/c1-12-17-14(11-21-12)10-18-5-7-19(8-6-18)15(20)13-3-2-4-16-9-13;;;/h11,13,16H,2-10H2,1H3;3*1H/t13-;;;/m1.../s1. The number of nitrogens with one attached hydrogen (secondary N) is 1. The highest BCUT2D eigenvalue weighted by molar-refractivity contribution is 7.09. The van der Waals surface area contributed by atoms with Crippen LogP contribution < -0.4 is 5.32 Å². The maximum Gasteiger partial charge on any atom is 0.227 e. The molecule has 2 saturated heterocycles. The van der Waals surface area contributed by atoms with Crippen LogP contribution in [0.5, 0.6) is 0 Å². The molecule has 0 radical (unpaired) electrons. The predicted octanol–water partition coefficient (Wildman–Crippen LogP) is 2.36. The number of piperidine rings is 1. The molecule has 2 aliphatic heterocycles. The van der Waals surface area contributed by atoms with Gasteiger partial charge in [-0.05, 0) is 26.3 Å². The second-order valence-electron chi connectivity index (χ2n) is 6.00. The first kappa shape index (κ1) is 23.9. The van der Waals surface area contributed by atoms with Crippen molar-refractivity contribution in [2.24, 2.45) is 5.92 Å². The highest BCUT2D eigenvalue weighted by Gasteiger charge is 2.28. The molecule has 1 amide bonds. The summed E-state index contributed by atoms with van der Waals surface area (Å²) in [6.07, 6.45) is 2.17. The number of nitrogens with zero attached hydrogens (tertiary/aromatic N) is 3. The number of thiazole rings is 1. The molecule has 1 N–H and O–H groups in total. The first-order valence-corrected chi connectivity index (χ1v) is 8.73. The maximum absolute atomic E-state index is 12.5. The molecule has 1 aromatic rings. The third-order valence-corrected chi connectivity index (χ3v) is 5.20. The van der Waals surface area contributed by atoms with Crippen LogP contribution in [0.15, 0.2) is 5.38 Å². The summed E-state index contributed by atoms with van der Waals surface area (Å²) in [4.78, 5) is 21.5. The molecule has 3 rings (SSSR count). The SMILES string of the molecule is Cc1nc(CN2CCN(C(=O)[C@@H]3CCCNC3)CC2)cs1.Cl.Cl.Cl. The number of amides is 1. The summed E-state index contributed by atoms with van der Waals surface area (Å²) in [5.41, 5.74) is 1.16. The van der Waals surface area contributed by atoms with Crippen molar-refractivity contribution in [3.63, 3.8) is 0 Å². The molecule has 0 bridgehead atoms. The van der Waals surface area contributed by atoms with Crippen molar-refractivity contribution in [1.82, 2.24) is 20.1 Å². The smallest absolute Gasteiger partial charge is 0.227 e. The van der Waals surface area contributed by atoms with Gasteiger partial charge in [0.1, 0.15) is 0 Å². The van der Waals surface area contributed by atoms with Gasteiger partial charge >= 0.3 is 0 Å². The number of carbonyl (C=O) groups is 1. The zero-order valence-electron chi connectivity index (χ0n) is 13.9. The van der Waals surface area contributed by atoms with Gasteiger partial charge in [0.25, 0.3) is 0 Å². The van der Waals surface area contributed by atoms with E-state index in [4.69, 9.17) is 0 Å². The minimum atomic E-state index is 0. The quantitative estimate of drug-likeness (QED) is 0.820. The number of rotatable bonds is 3. The lowest BCUT2D eigenvalue weighted by molar-refractivity contribution is -0.137. The summed E-state index contributed by atoms with van der Waals surface area (Å²) >= 11 is 1.71. The first-order chi connectivity index (χ1) is 10.2. The second kappa shape index (κ2) is 11.5. The van der Waals surface area contributed by atoms with Crippen LogP contribution in [0, 0.1) is 12.8 Å². The molecule has 0 unspecified atom stereocenters. The van der Waals surface area contributed by atoms with E-state index in [1.807, 2.05) is 6.92 Å². The zero-order chi connectivity index (χ0) is 14.7. The van der Waals surface area contributed by atoms with Crippen molar-refractivity contribution in [2.45, 2.75) is 26.3 Å². The monoisotopic (exact) mass is 416 g/mol. The summed E-state index contributed by atoms with van der Waals surface area (Å²) in [5.74, 6) is 0.554. The van der Waals surface area contributed by atoms with Gasteiger partial charge < -0.3 is 10.2 Å². The van der Waals surface area contributed by atoms with E-state index in [-0.39, 0.29) is 43.1 Å². The molecule has 2 aliphatic rings. The van der Waals surface area contributed by atoms with Crippen molar-refractivity contribution < 1.29 is 4.79 Å². The van der Waals surface area contributed by atoms with Gasteiger partial charge in [-0.15, -0.1) is 48.6 Å². The Balaban J connectivity index is 0.00000176. The van der Waals surface area contributed by atoms with Gasteiger partial charge in [0, 0.05) is 44.6 Å². The molecule has 24 heavy (non-hydrogen) atoms. The Morgan fingerprint density at radius 2 is 2.00 bits per heavy atom. The highest BCUT2D eigenvalue weighted by atomic mass is 35.5. The van der Waals surface area contributed by atoms with E-state index < -0.39 is 0 Å². The molecule has 3 heterocycles. The maximum atomic E-state index is 12.5. The number of aryl methyl sites for hydroxylation is 1. The van der Waals surface area contributed by atoms with E-state index in [1.54, 1.807) is 11.3 Å². The lowest BCUT2D eigenvalue weighted by atomic mass is 9.98. The molecule has 0 aromatic carbocycles. The van der Waals surface area contributed by atoms with E-state index in [0.717, 1.165) is 69.4 Å². The van der Waals surface area contributed by atoms with E-state index in [2.05, 4.69) is 25.5 Å². The molecule has 0 spiro atoms. The Hall–Kier alpha value is -0.110. The molecule has 1 atom stereocenters. The molecule has 9 heteroatoms. The third kappa shape index (κ3) is 6.32. The first-order valence-electron chi connectivity index (χ1n) is 7.85. The van der Waals surface area contributed by atoms with Crippen LogP contribution >= 0.6 is 48.6 Å². The summed E-state index contributed by atoms with van der Waals surface area (Å²) in [7, 11) is 0. The minimum absolute atomic E-state index is 0. The van der Waals surface area contributed by atoms with E-state index in [1.165, 1.54) is 0 Å². The molecular weight excluding hydrogens is 391 g/mol. The molecule has 140 valence electrons. The van der Waals surface area contributed by atoms with Gasteiger partial charge in [-0.25, -0.2) is 4.98 Å². The molecule has 2 fully saturated rings. The normalized spacial score (nSPS) is 21.2. The Kier molecular flexibility index (Phi) is 11.4. The third-order valence-electron chi connectivity index (χ3n) is 4.38. The molecule has 1 aromatic heterocycles. The summed E-state index contributed by atoms with van der Waals surface area (Å²) < 4.78 is 0. The van der Waals surface area contributed by atoms with Crippen molar-refractivity contribution >= 4 is 54.5 Å². The predicted molar refractivity (Wildman–Crippen MR) is 106 cm³/mol. The highest BCUT2D eigenvalue weighted by Crippen LogP contribution is 2.16. The minimum Gasteiger partial charge on any atom is -0.340 e. The summed E-state index contributed by atoms with van der Waals surface area (Å²) in [6, 6.07) is 0. The van der Waals surface area contributed by atoms with Gasteiger partial charge in [0.15, 0.2) is 0 Å². The Bertz CT molecular complexity index is 489. The molecule has 5 nitrogen and oxygen atoms in total. The van der Waals surface area contributed by atoms with Crippen LogP contribution in [0.25, 0.3) is 0 Å². The lowest BCUT2D eigenvalue weighted by Crippen LogP contribution is -2.51. The average Bonchev–Trinajstić information content (AvgIpc) is 2.93. The second-order valence-corrected chi connectivity index (χ2v) is 7.06. The lowest BCUT2D eigenvalue weighted by Gasteiger charge is -2.37. The largest absolute Gasteiger partial charge is 0.340 e. The number of hydrogen-bond donors (Lipinski definition) is 1. The number of carbonyl (C=O) groups excluding carboxylic acids is 1. The van der Waals surface area contributed by atoms with Crippen LogP contribution in [0.3, 0.4) is 0 Å². The van der Waals surface area contributed by atoms with Crippen LogP contribution in [0.4, 0.5) is 0 Å². The number of hydrogen-bond acceptors (Lipinski definition) is 5. The van der Waals surface area contributed by atoms with E-state index in [0.29, 0.717) is 5.91 Å². The van der Waals surface area contributed by atoms with Crippen LogP contribution in [0.1, 0.15) is 23.5 Å². The van der Waals surface area contributed by atoms with Crippen molar-refractivity contribution in [1.29, 1.82) is 0 Å². The fourth-order valence-corrected chi connectivity index (χ4v) is 3.76. The molecular formula is C15H27Cl3N4OS. The van der Waals surface area contributed by atoms with Crippen molar-refractivity contribution in [2.75, 3.05) is 39.3 Å². The van der Waals surface area contributed by atoms with Gasteiger partial charge in [-0.3, -0.25) is 9.69 Å². The van der Waals surface area contributed by atoms with Gasteiger partial charge in [-0.1, -0.05) is 0 Å². The summed E-state index contributed by atoms with van der Waals surface area (Å²) in [5, 5.41) is 6.60. The number of halogens is 3. The number of aromatic nitrogens is 1. The fourth-order valence-electron chi connectivity index (χ4n) is 3.16. The van der Waals surface area contributed by atoms with Gasteiger partial charge in [0.05, 0.1) is 16.6 Å². The Labute approximate surface area is 166 Å². The average molecular weight is 418 g/mol. The van der Waals surface area contributed by atoms with Crippen LogP contribution in [-0.2, 0) is 11.3 Å². The Morgan fingerprint density at radius 1 is 1.29 bits per heavy atom. The zero-order valence-corrected chi connectivity index (χ0v) is 17.2. The van der Waals surface area contributed by atoms with Gasteiger partial charge in [0.2, 0.25) is 5.91 Å². The topological polar surface area (TPSA) is 48.5 Å². The molecule has 0 aliphatic carbocycles. The van der Waals surface area contributed by atoms with Crippen molar-refractivity contribution in [3.8, 4) is 0 Å². The van der Waals surface area contributed by atoms with E-state index in [9.17, 15) is 4.79 Å².